The lowest BCUT2D eigenvalue weighted by atomic mass is 10.0. The molecule has 0 fully saturated rings. The van der Waals surface area contributed by atoms with Gasteiger partial charge in [-0.2, -0.15) is 0 Å². The fourth-order valence-corrected chi connectivity index (χ4v) is 2.53. The third-order valence-corrected chi connectivity index (χ3v) is 4.17. The molecule has 0 saturated carbocycles. The topological polar surface area (TPSA) is 63.1 Å². The normalized spacial score (nSPS) is 24.8. The number of nitrogens with one attached hydrogen (secondary N) is 1. The van der Waals surface area contributed by atoms with Gasteiger partial charge >= 0.3 is 0 Å². The smallest absolute Gasteiger partial charge is 0.258 e. The number of amides is 1. The molecular weight excluding hydrogens is 302 g/mol. The van der Waals surface area contributed by atoms with E-state index in [2.05, 4.69) is 27.4 Å². The van der Waals surface area contributed by atoms with Crippen molar-refractivity contribution < 1.29 is 9.53 Å². The number of carbonyl (C=O) groups excluding carboxylic acids is 1. The summed E-state index contributed by atoms with van der Waals surface area (Å²) in [5.41, 5.74) is 0.857. The molecule has 0 aliphatic carbocycles. The zero-order valence-corrected chi connectivity index (χ0v) is 15.0. The van der Waals surface area contributed by atoms with Gasteiger partial charge in [0.25, 0.3) is 5.91 Å². The van der Waals surface area contributed by atoms with Crippen molar-refractivity contribution >= 4 is 18.3 Å². The number of ether oxygens (including phenoxy) is 1. The molecule has 24 heavy (non-hydrogen) atoms. The predicted octanol–water partition coefficient (Wildman–Crippen LogP) is 2.42. The van der Waals surface area contributed by atoms with Crippen LogP contribution in [0.2, 0.25) is 0 Å². The third-order valence-electron chi connectivity index (χ3n) is 4.17. The molecule has 1 aromatic rings. The molecule has 130 valence electrons. The number of benzene rings is 1. The fourth-order valence-electron chi connectivity index (χ4n) is 2.53. The highest BCUT2D eigenvalue weighted by molar-refractivity contribution is 6.01. The molecule has 0 bridgehead atoms. The predicted molar refractivity (Wildman–Crippen MR) is 98.2 cm³/mol. The maximum Gasteiger partial charge on any atom is 0.258 e. The van der Waals surface area contributed by atoms with E-state index in [1.807, 2.05) is 32.2 Å². The molecule has 2 rings (SSSR count). The van der Waals surface area contributed by atoms with Crippen molar-refractivity contribution in [1.29, 1.82) is 0 Å². The highest BCUT2D eigenvalue weighted by atomic mass is 16.5. The van der Waals surface area contributed by atoms with Crippen LogP contribution in [0.5, 0.6) is 0 Å². The van der Waals surface area contributed by atoms with Crippen LogP contribution in [0, 0.1) is 0 Å². The lowest BCUT2D eigenvalue weighted by molar-refractivity contribution is -0.135. The van der Waals surface area contributed by atoms with E-state index >= 15 is 0 Å². The SMILES string of the molecule is COC1(C)C=NCCCc2ccccc2C=NCC(C)(C)NC1=O. The molecule has 1 aromatic carbocycles. The molecule has 1 aliphatic rings. The van der Waals surface area contributed by atoms with Gasteiger partial charge < -0.3 is 10.1 Å². The molecule has 1 heterocycles. The number of aliphatic imine (C=N–C) groups is 2. The quantitative estimate of drug-likeness (QED) is 0.860. The van der Waals surface area contributed by atoms with Crippen LogP contribution >= 0.6 is 0 Å². The van der Waals surface area contributed by atoms with Crippen molar-refractivity contribution in [3.8, 4) is 0 Å². The Bertz CT molecular complexity index is 637. The van der Waals surface area contributed by atoms with Crippen LogP contribution in [0.25, 0.3) is 0 Å². The van der Waals surface area contributed by atoms with E-state index in [4.69, 9.17) is 4.74 Å². The van der Waals surface area contributed by atoms with E-state index in [0.29, 0.717) is 13.1 Å². The van der Waals surface area contributed by atoms with Crippen molar-refractivity contribution in [1.82, 2.24) is 5.32 Å². The molecule has 1 unspecified atom stereocenters. The number of nitrogens with zero attached hydrogens (tertiary/aromatic N) is 2. The van der Waals surface area contributed by atoms with Gasteiger partial charge in [-0.05, 0) is 44.7 Å². The van der Waals surface area contributed by atoms with Crippen LogP contribution < -0.4 is 5.32 Å². The second kappa shape index (κ2) is 7.71. The first kappa shape index (κ1) is 18.3. The maximum absolute atomic E-state index is 12.6. The van der Waals surface area contributed by atoms with Gasteiger partial charge in [0, 0.05) is 26.1 Å². The lowest BCUT2D eigenvalue weighted by Gasteiger charge is -2.30. The molecule has 1 atom stereocenters. The number of hydrogen-bond donors (Lipinski definition) is 1. The van der Waals surface area contributed by atoms with Gasteiger partial charge in [0.15, 0.2) is 5.60 Å². The summed E-state index contributed by atoms with van der Waals surface area (Å²) < 4.78 is 5.40. The Labute approximate surface area is 144 Å². The average Bonchev–Trinajstić information content (AvgIpc) is 2.54. The van der Waals surface area contributed by atoms with E-state index in [1.165, 1.54) is 12.7 Å². The van der Waals surface area contributed by atoms with Crippen LogP contribution in [0.1, 0.15) is 38.3 Å². The van der Waals surface area contributed by atoms with Gasteiger partial charge in [-0.25, -0.2) is 0 Å². The third kappa shape index (κ3) is 4.74. The van der Waals surface area contributed by atoms with Crippen molar-refractivity contribution in [3.05, 3.63) is 35.4 Å². The molecule has 0 radical (unpaired) electrons. The molecule has 5 nitrogen and oxygen atoms in total. The Balaban J connectivity index is 2.29. The zero-order chi connectivity index (χ0) is 17.6. The molecule has 1 N–H and O–H groups in total. The minimum Gasteiger partial charge on any atom is -0.363 e. The van der Waals surface area contributed by atoms with Gasteiger partial charge in [0.05, 0.1) is 12.1 Å². The van der Waals surface area contributed by atoms with E-state index in [-0.39, 0.29) is 5.91 Å². The van der Waals surface area contributed by atoms with E-state index in [0.717, 1.165) is 18.4 Å². The van der Waals surface area contributed by atoms with Gasteiger partial charge in [-0.3, -0.25) is 14.8 Å². The molecular formula is C19H27N3O2. The Kier molecular flexibility index (Phi) is 5.89. The van der Waals surface area contributed by atoms with Gasteiger partial charge in [-0.15, -0.1) is 0 Å². The summed E-state index contributed by atoms with van der Waals surface area (Å²) in [5.74, 6) is -0.202. The molecule has 0 saturated heterocycles. The number of fused-ring (bicyclic) bond motifs is 1. The Hall–Kier alpha value is -2.01. The highest BCUT2D eigenvalue weighted by Crippen LogP contribution is 2.14. The summed E-state index contributed by atoms with van der Waals surface area (Å²) in [6.07, 6.45) is 5.35. The van der Waals surface area contributed by atoms with Crippen LogP contribution in [0.4, 0.5) is 0 Å². The highest BCUT2D eigenvalue weighted by Gasteiger charge is 2.34. The first-order valence-corrected chi connectivity index (χ1v) is 8.33. The first-order valence-electron chi connectivity index (χ1n) is 8.33. The largest absolute Gasteiger partial charge is 0.363 e. The number of hydrogen-bond acceptors (Lipinski definition) is 4. The zero-order valence-electron chi connectivity index (χ0n) is 15.0. The van der Waals surface area contributed by atoms with Crippen LogP contribution in [0.3, 0.4) is 0 Å². The second-order valence-electron chi connectivity index (χ2n) is 6.96. The van der Waals surface area contributed by atoms with Gasteiger partial charge in [0.2, 0.25) is 0 Å². The maximum atomic E-state index is 12.6. The first-order chi connectivity index (χ1) is 11.4. The number of methoxy groups -OCH3 is 1. The van der Waals surface area contributed by atoms with Crippen LogP contribution in [0.15, 0.2) is 34.3 Å². The Morgan fingerprint density at radius 1 is 1.17 bits per heavy atom. The lowest BCUT2D eigenvalue weighted by Crippen LogP contribution is -2.55. The second-order valence-corrected chi connectivity index (χ2v) is 6.96. The average molecular weight is 329 g/mol. The van der Waals surface area contributed by atoms with E-state index < -0.39 is 11.1 Å². The summed E-state index contributed by atoms with van der Waals surface area (Å²) >= 11 is 0. The number of carbonyl (C=O) groups is 1. The van der Waals surface area contributed by atoms with E-state index in [1.54, 1.807) is 13.1 Å². The van der Waals surface area contributed by atoms with Crippen LogP contribution in [-0.4, -0.2) is 49.7 Å². The van der Waals surface area contributed by atoms with Gasteiger partial charge in [0.1, 0.15) is 0 Å². The van der Waals surface area contributed by atoms with Gasteiger partial charge in [-0.1, -0.05) is 24.3 Å². The molecule has 0 aromatic heterocycles. The van der Waals surface area contributed by atoms with Crippen molar-refractivity contribution in [2.75, 3.05) is 20.2 Å². The monoisotopic (exact) mass is 329 g/mol. The molecule has 1 amide bonds. The van der Waals surface area contributed by atoms with Crippen molar-refractivity contribution in [2.45, 2.75) is 44.8 Å². The number of rotatable bonds is 1. The summed E-state index contributed by atoms with van der Waals surface area (Å²) in [6, 6.07) is 8.26. The molecule has 0 spiro atoms. The summed E-state index contributed by atoms with van der Waals surface area (Å²) in [4.78, 5) is 21.5. The van der Waals surface area contributed by atoms with E-state index in [9.17, 15) is 4.79 Å². The minimum atomic E-state index is -1.07. The van der Waals surface area contributed by atoms with Crippen molar-refractivity contribution in [3.63, 3.8) is 0 Å². The van der Waals surface area contributed by atoms with Crippen LogP contribution in [-0.2, 0) is 16.0 Å². The standard InChI is InChI=1S/C19H27N3O2/c1-18(2)13-21-12-16-9-6-5-8-15(16)10-7-11-20-14-19(3,24-4)17(23)22-18/h5-6,8-9,12,14H,7,10-11,13H2,1-4H3,(H,22,23). The minimum absolute atomic E-state index is 0.202. The Morgan fingerprint density at radius 2 is 1.92 bits per heavy atom. The summed E-state index contributed by atoms with van der Waals surface area (Å²) in [6.45, 7) is 6.78. The molecule has 1 aliphatic heterocycles. The van der Waals surface area contributed by atoms with Crippen molar-refractivity contribution in [2.24, 2.45) is 9.98 Å². The summed E-state index contributed by atoms with van der Waals surface area (Å²) in [7, 11) is 1.52. The fraction of sp³-hybridized carbons (Fsp3) is 0.526. The Morgan fingerprint density at radius 3 is 2.67 bits per heavy atom. The summed E-state index contributed by atoms with van der Waals surface area (Å²) in [5, 5.41) is 3.01. The number of aryl methyl sites for hydroxylation is 1. The molecule has 5 heteroatoms.